The quantitative estimate of drug-likeness (QED) is 0.618. The Bertz CT molecular complexity index is 409. The molecule has 0 aromatic heterocycles. The molecule has 0 aromatic carbocycles. The second-order valence-corrected chi connectivity index (χ2v) is 4.39. The Morgan fingerprint density at radius 1 is 1.42 bits per heavy atom. The van der Waals surface area contributed by atoms with Crippen LogP contribution in [0.4, 0.5) is 4.79 Å². The molecule has 0 radical (unpaired) electrons. The molecule has 1 unspecified atom stereocenters. The maximum Gasteiger partial charge on any atom is 0.327 e. The monoisotopic (exact) mass is 271 g/mol. The summed E-state index contributed by atoms with van der Waals surface area (Å²) in [5.41, 5.74) is 0. The third-order valence-electron chi connectivity index (χ3n) is 2.81. The number of carbonyl (C=O) groups is 4. The molecule has 4 amide bonds. The van der Waals surface area contributed by atoms with Crippen molar-refractivity contribution in [2.45, 2.75) is 25.8 Å². The van der Waals surface area contributed by atoms with Crippen molar-refractivity contribution in [1.82, 2.24) is 15.1 Å². The zero-order valence-electron chi connectivity index (χ0n) is 10.9. The number of urea groups is 1. The Balaban J connectivity index is 2.53. The topological polar surface area (TPSA) is 107 Å². The number of hydrogen-bond donors (Lipinski definition) is 2. The van der Waals surface area contributed by atoms with Crippen LogP contribution in [-0.2, 0) is 14.4 Å². The third-order valence-corrected chi connectivity index (χ3v) is 2.81. The van der Waals surface area contributed by atoms with Crippen LogP contribution in [0.3, 0.4) is 0 Å². The first kappa shape index (κ1) is 14.9. The van der Waals surface area contributed by atoms with Gasteiger partial charge in [-0.05, 0) is 6.42 Å². The van der Waals surface area contributed by atoms with E-state index in [1.165, 1.54) is 11.9 Å². The molecule has 1 rings (SSSR count). The third kappa shape index (κ3) is 3.94. The Kier molecular flexibility index (Phi) is 4.85. The van der Waals surface area contributed by atoms with Gasteiger partial charge in [0.25, 0.3) is 5.91 Å². The van der Waals surface area contributed by atoms with Crippen molar-refractivity contribution in [1.29, 1.82) is 0 Å². The van der Waals surface area contributed by atoms with Gasteiger partial charge in [-0.15, -0.1) is 0 Å². The second kappa shape index (κ2) is 6.17. The molecule has 19 heavy (non-hydrogen) atoms. The van der Waals surface area contributed by atoms with Crippen molar-refractivity contribution in [2.75, 3.05) is 20.1 Å². The molecule has 1 fully saturated rings. The summed E-state index contributed by atoms with van der Waals surface area (Å²) in [5.74, 6) is -1.99. The minimum Gasteiger partial charge on any atom is -0.481 e. The van der Waals surface area contributed by atoms with E-state index in [1.807, 2.05) is 0 Å². The predicted octanol–water partition coefficient (Wildman–Crippen LogP) is -0.750. The van der Waals surface area contributed by atoms with Crippen molar-refractivity contribution in [3.8, 4) is 0 Å². The molecule has 0 bridgehead atoms. The van der Waals surface area contributed by atoms with E-state index >= 15 is 0 Å². The van der Waals surface area contributed by atoms with E-state index < -0.39 is 29.9 Å². The van der Waals surface area contributed by atoms with Gasteiger partial charge in [0, 0.05) is 13.1 Å². The number of nitrogens with one attached hydrogen (secondary N) is 1. The van der Waals surface area contributed by atoms with Crippen molar-refractivity contribution < 1.29 is 24.3 Å². The minimum atomic E-state index is -1.01. The minimum absolute atomic E-state index is 0.0432. The smallest absolute Gasteiger partial charge is 0.327 e. The lowest BCUT2D eigenvalue weighted by molar-refractivity contribution is -0.138. The van der Waals surface area contributed by atoms with Crippen LogP contribution in [0.2, 0.25) is 0 Å². The van der Waals surface area contributed by atoms with Gasteiger partial charge in [-0.2, -0.15) is 0 Å². The summed E-state index contributed by atoms with van der Waals surface area (Å²) in [6.07, 6.45) is 0.268. The molecule has 0 aromatic rings. The molecule has 1 atom stereocenters. The highest BCUT2D eigenvalue weighted by atomic mass is 16.4. The molecule has 106 valence electrons. The van der Waals surface area contributed by atoms with Crippen LogP contribution in [-0.4, -0.2) is 64.9 Å². The van der Waals surface area contributed by atoms with Gasteiger partial charge < -0.3 is 15.3 Å². The number of amides is 4. The summed E-state index contributed by atoms with van der Waals surface area (Å²) in [6.45, 7) is 1.32. The number of carbonyl (C=O) groups excluding carboxylic acids is 3. The lowest BCUT2D eigenvalue weighted by atomic mass is 10.1. The summed E-state index contributed by atoms with van der Waals surface area (Å²) in [4.78, 5) is 47.3. The molecule has 1 aliphatic heterocycles. The van der Waals surface area contributed by atoms with Gasteiger partial charge in [-0.3, -0.25) is 19.3 Å². The number of imide groups is 1. The Morgan fingerprint density at radius 3 is 2.47 bits per heavy atom. The standard InChI is InChI=1S/C11H17N3O5/c1-3-7(4-10(17)18)12-8(15)5-14-9(16)6-13(2)11(14)19/h7H,3-6H2,1-2H3,(H,12,15)(H,17,18). The average molecular weight is 271 g/mol. The Labute approximate surface area is 110 Å². The van der Waals surface area contributed by atoms with Crippen LogP contribution >= 0.6 is 0 Å². The van der Waals surface area contributed by atoms with E-state index in [-0.39, 0.29) is 19.5 Å². The van der Waals surface area contributed by atoms with Crippen molar-refractivity contribution in [2.24, 2.45) is 0 Å². The molecule has 1 heterocycles. The number of carboxylic acids is 1. The molecule has 1 saturated heterocycles. The maximum atomic E-state index is 11.7. The average Bonchev–Trinajstić information content (AvgIpc) is 2.54. The molecule has 8 heteroatoms. The van der Waals surface area contributed by atoms with Gasteiger partial charge >= 0.3 is 12.0 Å². The van der Waals surface area contributed by atoms with Gasteiger partial charge in [-0.25, -0.2) is 4.79 Å². The van der Waals surface area contributed by atoms with Crippen LogP contribution in [0.15, 0.2) is 0 Å². The number of likely N-dealkylation sites (N-methyl/N-ethyl adjacent to an activating group) is 1. The van der Waals surface area contributed by atoms with E-state index in [2.05, 4.69) is 5.32 Å². The number of nitrogens with zero attached hydrogens (tertiary/aromatic N) is 2. The lowest BCUT2D eigenvalue weighted by Crippen LogP contribution is -2.44. The predicted molar refractivity (Wildman–Crippen MR) is 64.2 cm³/mol. The fourth-order valence-corrected chi connectivity index (χ4v) is 1.75. The van der Waals surface area contributed by atoms with Crippen LogP contribution < -0.4 is 5.32 Å². The van der Waals surface area contributed by atoms with Gasteiger partial charge in [0.05, 0.1) is 6.42 Å². The first-order valence-corrected chi connectivity index (χ1v) is 5.91. The summed E-state index contributed by atoms with van der Waals surface area (Å²) in [5, 5.41) is 11.2. The van der Waals surface area contributed by atoms with Crippen molar-refractivity contribution in [3.05, 3.63) is 0 Å². The number of aliphatic carboxylic acids is 1. The first-order valence-electron chi connectivity index (χ1n) is 5.91. The number of hydrogen-bond acceptors (Lipinski definition) is 4. The SMILES string of the molecule is CCC(CC(=O)O)NC(=O)CN1C(=O)CN(C)C1=O. The Morgan fingerprint density at radius 2 is 2.05 bits per heavy atom. The van der Waals surface area contributed by atoms with Crippen molar-refractivity contribution in [3.63, 3.8) is 0 Å². The zero-order valence-corrected chi connectivity index (χ0v) is 10.9. The summed E-state index contributed by atoms with van der Waals surface area (Å²) < 4.78 is 0. The molecular formula is C11H17N3O5. The highest BCUT2D eigenvalue weighted by molar-refractivity contribution is 6.04. The van der Waals surface area contributed by atoms with Crippen molar-refractivity contribution >= 4 is 23.8 Å². The second-order valence-electron chi connectivity index (χ2n) is 4.39. The van der Waals surface area contributed by atoms with Crippen LogP contribution in [0, 0.1) is 0 Å². The highest BCUT2D eigenvalue weighted by Gasteiger charge is 2.35. The number of rotatable bonds is 6. The van der Waals surface area contributed by atoms with Crippen LogP contribution in [0.25, 0.3) is 0 Å². The molecule has 1 aliphatic rings. The fraction of sp³-hybridized carbons (Fsp3) is 0.636. The Hall–Kier alpha value is -2.12. The molecule has 8 nitrogen and oxygen atoms in total. The van der Waals surface area contributed by atoms with E-state index in [0.717, 1.165) is 4.90 Å². The van der Waals surface area contributed by atoms with E-state index in [1.54, 1.807) is 6.92 Å². The largest absolute Gasteiger partial charge is 0.481 e. The van der Waals surface area contributed by atoms with Crippen LogP contribution in [0.5, 0.6) is 0 Å². The normalized spacial score (nSPS) is 16.7. The fourth-order valence-electron chi connectivity index (χ4n) is 1.75. The zero-order chi connectivity index (χ0) is 14.6. The summed E-state index contributed by atoms with van der Waals surface area (Å²) in [7, 11) is 1.47. The van der Waals surface area contributed by atoms with Gasteiger partial charge in [-0.1, -0.05) is 6.92 Å². The molecule has 0 aliphatic carbocycles. The molecule has 0 spiro atoms. The molecule has 0 saturated carbocycles. The molecule has 2 N–H and O–H groups in total. The highest BCUT2D eigenvalue weighted by Crippen LogP contribution is 2.07. The maximum absolute atomic E-state index is 11.7. The van der Waals surface area contributed by atoms with Gasteiger partial charge in [0.1, 0.15) is 13.1 Å². The first-order chi connectivity index (χ1) is 8.85. The van der Waals surface area contributed by atoms with Crippen LogP contribution in [0.1, 0.15) is 19.8 Å². The van der Waals surface area contributed by atoms with E-state index in [4.69, 9.17) is 5.11 Å². The number of carboxylic acid groups (broad SMARTS) is 1. The lowest BCUT2D eigenvalue weighted by Gasteiger charge is -2.18. The summed E-state index contributed by atoms with van der Waals surface area (Å²) >= 11 is 0. The summed E-state index contributed by atoms with van der Waals surface area (Å²) in [6, 6.07) is -1.03. The van der Waals surface area contributed by atoms with Gasteiger partial charge in [0.2, 0.25) is 5.91 Å². The van der Waals surface area contributed by atoms with Gasteiger partial charge in [0.15, 0.2) is 0 Å². The van der Waals surface area contributed by atoms with E-state index in [0.29, 0.717) is 6.42 Å². The van der Waals surface area contributed by atoms with E-state index in [9.17, 15) is 19.2 Å². The molecular weight excluding hydrogens is 254 g/mol.